The lowest BCUT2D eigenvalue weighted by atomic mass is 9.88. The highest BCUT2D eigenvalue weighted by Crippen LogP contribution is 2.32. The van der Waals surface area contributed by atoms with Gasteiger partial charge < -0.3 is 9.31 Å². The maximum atomic E-state index is 5.87. The normalized spacial score (nSPS) is 18.1. The molecule has 92 valence electrons. The molecule has 0 unspecified atom stereocenters. The van der Waals surface area contributed by atoms with E-state index < -0.39 is 5.60 Å². The minimum absolute atomic E-state index is 0.314. The van der Waals surface area contributed by atoms with E-state index in [0.29, 0.717) is 5.76 Å². The Hall–Kier alpha value is -1.04. The molecular formula is C13H13BO2S2. The Labute approximate surface area is 115 Å². The topological polar surface area (TPSA) is 18.5 Å². The largest absolute Gasteiger partial charge is 0.574 e. The summed E-state index contributed by atoms with van der Waals surface area (Å²) in [5.41, 5.74) is -0.405. The first-order chi connectivity index (χ1) is 8.56. The molecule has 2 aromatic rings. The summed E-state index contributed by atoms with van der Waals surface area (Å²) in [6.07, 6.45) is 0. The van der Waals surface area contributed by atoms with E-state index in [4.69, 9.17) is 9.31 Å². The highest BCUT2D eigenvalue weighted by molar-refractivity contribution is 7.27. The van der Waals surface area contributed by atoms with Crippen molar-refractivity contribution in [2.75, 3.05) is 0 Å². The van der Waals surface area contributed by atoms with E-state index in [0.717, 1.165) is 4.78 Å². The summed E-state index contributed by atoms with van der Waals surface area (Å²) < 4.78 is 12.6. The Morgan fingerprint density at radius 2 is 2.06 bits per heavy atom. The summed E-state index contributed by atoms with van der Waals surface area (Å²) in [4.78, 5) is 2.53. The minimum atomic E-state index is -0.405. The molecule has 0 aromatic carbocycles. The number of rotatable bonds is 2. The third-order valence-electron chi connectivity index (χ3n) is 2.95. The van der Waals surface area contributed by atoms with Gasteiger partial charge in [-0.1, -0.05) is 12.6 Å². The second-order valence-electron chi connectivity index (χ2n) is 4.68. The molecule has 1 aliphatic heterocycles. The predicted octanol–water partition coefficient (Wildman–Crippen LogP) is 3.51. The van der Waals surface area contributed by atoms with Crippen LogP contribution in [0.1, 0.15) is 13.8 Å². The average Bonchev–Trinajstić information content (AvgIpc) is 3.00. The van der Waals surface area contributed by atoms with E-state index in [-0.39, 0.29) is 7.12 Å². The van der Waals surface area contributed by atoms with Crippen LogP contribution in [-0.4, -0.2) is 12.7 Å². The van der Waals surface area contributed by atoms with Crippen molar-refractivity contribution in [3.8, 4) is 9.75 Å². The monoisotopic (exact) mass is 276 g/mol. The molecule has 5 heteroatoms. The highest BCUT2D eigenvalue weighted by atomic mass is 32.1. The zero-order valence-corrected chi connectivity index (χ0v) is 11.9. The smallest absolute Gasteiger partial charge is 0.533 e. The first kappa shape index (κ1) is 12.0. The summed E-state index contributed by atoms with van der Waals surface area (Å²) in [5.74, 6) is 0.693. The van der Waals surface area contributed by atoms with Gasteiger partial charge in [-0.3, -0.25) is 0 Å². The van der Waals surface area contributed by atoms with Gasteiger partial charge in [0.1, 0.15) is 5.60 Å². The van der Waals surface area contributed by atoms with E-state index in [2.05, 4.69) is 36.2 Å². The summed E-state index contributed by atoms with van der Waals surface area (Å²) in [6.45, 7) is 7.85. The van der Waals surface area contributed by atoms with Crippen LogP contribution in [0.4, 0.5) is 0 Å². The van der Waals surface area contributed by atoms with Crippen molar-refractivity contribution in [2.45, 2.75) is 19.4 Å². The van der Waals surface area contributed by atoms with E-state index in [9.17, 15) is 0 Å². The lowest BCUT2D eigenvalue weighted by Gasteiger charge is -2.15. The Morgan fingerprint density at radius 1 is 1.22 bits per heavy atom. The lowest BCUT2D eigenvalue weighted by Crippen LogP contribution is -2.32. The van der Waals surface area contributed by atoms with Crippen molar-refractivity contribution < 1.29 is 9.31 Å². The van der Waals surface area contributed by atoms with Crippen molar-refractivity contribution >= 4 is 34.6 Å². The molecule has 2 nitrogen and oxygen atoms in total. The number of thiophene rings is 2. The van der Waals surface area contributed by atoms with Crippen LogP contribution in [-0.2, 0) is 9.31 Å². The van der Waals surface area contributed by atoms with Crippen LogP contribution >= 0.6 is 22.7 Å². The van der Waals surface area contributed by atoms with Gasteiger partial charge in [-0.05, 0) is 37.4 Å². The van der Waals surface area contributed by atoms with E-state index in [1.165, 1.54) is 9.75 Å². The Kier molecular flexibility index (Phi) is 2.85. The van der Waals surface area contributed by atoms with Crippen LogP contribution in [0.2, 0.25) is 0 Å². The van der Waals surface area contributed by atoms with Gasteiger partial charge in [0, 0.05) is 9.75 Å². The van der Waals surface area contributed by atoms with Crippen LogP contribution in [0.25, 0.3) is 9.75 Å². The molecule has 0 saturated carbocycles. The molecule has 3 heterocycles. The van der Waals surface area contributed by atoms with Crippen molar-refractivity contribution in [3.63, 3.8) is 0 Å². The van der Waals surface area contributed by atoms with Gasteiger partial charge in [0.05, 0.1) is 10.5 Å². The Morgan fingerprint density at radius 3 is 2.67 bits per heavy atom. The fourth-order valence-corrected chi connectivity index (χ4v) is 3.58. The third kappa shape index (κ3) is 2.02. The maximum Gasteiger partial charge on any atom is 0.574 e. The van der Waals surface area contributed by atoms with Crippen molar-refractivity contribution in [1.29, 1.82) is 0 Å². The molecule has 0 bridgehead atoms. The van der Waals surface area contributed by atoms with Gasteiger partial charge in [-0.15, -0.1) is 22.7 Å². The fraction of sp³-hybridized carbons (Fsp3) is 0.231. The van der Waals surface area contributed by atoms with Crippen molar-refractivity contribution in [2.24, 2.45) is 0 Å². The Bertz CT molecular complexity index is 572. The molecule has 0 spiro atoms. The highest BCUT2D eigenvalue weighted by Gasteiger charge is 2.43. The molecule has 0 N–H and O–H groups in total. The van der Waals surface area contributed by atoms with Gasteiger partial charge in [-0.25, -0.2) is 0 Å². The molecule has 0 aliphatic carbocycles. The molecule has 1 aliphatic rings. The van der Waals surface area contributed by atoms with Crippen LogP contribution in [0.5, 0.6) is 0 Å². The van der Waals surface area contributed by atoms with E-state index >= 15 is 0 Å². The molecule has 1 fully saturated rings. The number of hydrogen-bond donors (Lipinski definition) is 0. The van der Waals surface area contributed by atoms with Crippen molar-refractivity contribution in [1.82, 2.24) is 0 Å². The molecule has 1 saturated heterocycles. The standard InChI is InChI=1S/C13H13BO2S2/c1-9-13(2,3)16-14(15-9)12-7-6-11(18-12)10-5-4-8-17-10/h4-8H,1H2,2-3H3. The van der Waals surface area contributed by atoms with Gasteiger partial charge >= 0.3 is 7.12 Å². The van der Waals surface area contributed by atoms with Crippen LogP contribution < -0.4 is 4.78 Å². The van der Waals surface area contributed by atoms with E-state index in [1.807, 2.05) is 13.8 Å². The first-order valence-corrected chi connectivity index (χ1v) is 7.43. The average molecular weight is 276 g/mol. The molecule has 0 radical (unpaired) electrons. The molecule has 0 atom stereocenters. The molecule has 0 amide bonds. The summed E-state index contributed by atoms with van der Waals surface area (Å²) in [5, 5.41) is 2.09. The summed E-state index contributed by atoms with van der Waals surface area (Å²) in [7, 11) is -0.314. The predicted molar refractivity (Wildman–Crippen MR) is 78.4 cm³/mol. The van der Waals surface area contributed by atoms with Gasteiger partial charge in [-0.2, -0.15) is 0 Å². The SMILES string of the molecule is C=C1OB(c2ccc(-c3cccs3)s2)OC1(C)C. The van der Waals surface area contributed by atoms with Gasteiger partial charge in [0.2, 0.25) is 0 Å². The van der Waals surface area contributed by atoms with Crippen LogP contribution in [0.15, 0.2) is 42.0 Å². The lowest BCUT2D eigenvalue weighted by molar-refractivity contribution is 0.173. The van der Waals surface area contributed by atoms with E-state index in [1.54, 1.807) is 22.7 Å². The molecule has 2 aromatic heterocycles. The first-order valence-electron chi connectivity index (χ1n) is 5.74. The minimum Gasteiger partial charge on any atom is -0.533 e. The molecular weight excluding hydrogens is 263 g/mol. The van der Waals surface area contributed by atoms with Gasteiger partial charge in [0.15, 0.2) is 0 Å². The summed E-state index contributed by atoms with van der Waals surface area (Å²) in [6, 6.07) is 8.37. The number of hydrogen-bond acceptors (Lipinski definition) is 4. The second-order valence-corrected chi connectivity index (χ2v) is 6.74. The maximum absolute atomic E-state index is 5.87. The third-order valence-corrected chi connectivity index (χ3v) is 5.12. The molecule has 3 rings (SSSR count). The zero-order chi connectivity index (χ0) is 12.8. The molecule has 18 heavy (non-hydrogen) atoms. The quantitative estimate of drug-likeness (QED) is 0.781. The van der Waals surface area contributed by atoms with Crippen molar-refractivity contribution in [3.05, 3.63) is 42.0 Å². The van der Waals surface area contributed by atoms with Crippen LogP contribution in [0, 0.1) is 0 Å². The second kappa shape index (κ2) is 4.26. The summed E-state index contributed by atoms with van der Waals surface area (Å²) >= 11 is 3.45. The van der Waals surface area contributed by atoms with Gasteiger partial charge in [0.25, 0.3) is 0 Å². The zero-order valence-electron chi connectivity index (χ0n) is 10.3. The Balaban J connectivity index is 1.85. The van der Waals surface area contributed by atoms with Crippen LogP contribution in [0.3, 0.4) is 0 Å². The fourth-order valence-electron chi connectivity index (χ4n) is 1.78.